The average Bonchev–Trinajstić information content (AvgIpc) is 2.90. The number of thiazole rings is 1. The van der Waals surface area contributed by atoms with Crippen LogP contribution in [0.2, 0.25) is 5.02 Å². The summed E-state index contributed by atoms with van der Waals surface area (Å²) in [4.78, 5) is 18.4. The Labute approximate surface area is 154 Å². The fourth-order valence-electron chi connectivity index (χ4n) is 2.64. The molecule has 0 unspecified atom stereocenters. The van der Waals surface area contributed by atoms with Crippen LogP contribution in [0.15, 0.2) is 53.5 Å². The molecule has 0 bridgehead atoms. The molecule has 6 heteroatoms. The van der Waals surface area contributed by atoms with Crippen LogP contribution in [0.5, 0.6) is 0 Å². The minimum absolute atomic E-state index is 0.277. The predicted octanol–water partition coefficient (Wildman–Crippen LogP) is 5.08. The van der Waals surface area contributed by atoms with Gasteiger partial charge in [0.05, 0.1) is 5.69 Å². The molecule has 0 atom stereocenters. The first-order valence-electron chi connectivity index (χ1n) is 7.80. The van der Waals surface area contributed by atoms with Gasteiger partial charge in [0.25, 0.3) is 5.91 Å². The number of halogens is 2. The number of amides is 1. The lowest BCUT2D eigenvalue weighted by Gasteiger charge is -2.07. The SMILES string of the molecule is CCn1c(-c2ccc(F)cc2)c(C)sc1=NC(=O)c1cccc(Cl)c1. The van der Waals surface area contributed by atoms with Gasteiger partial charge in [-0.25, -0.2) is 4.39 Å². The zero-order valence-corrected chi connectivity index (χ0v) is 15.4. The molecular weight excluding hydrogens is 359 g/mol. The Hall–Kier alpha value is -2.24. The number of carbonyl (C=O) groups excluding carboxylic acids is 1. The highest BCUT2D eigenvalue weighted by Gasteiger charge is 2.13. The van der Waals surface area contributed by atoms with E-state index in [1.807, 2.05) is 18.4 Å². The molecule has 0 fully saturated rings. The summed E-state index contributed by atoms with van der Waals surface area (Å²) in [6, 6.07) is 13.1. The van der Waals surface area contributed by atoms with E-state index >= 15 is 0 Å². The summed E-state index contributed by atoms with van der Waals surface area (Å²) >= 11 is 7.39. The molecule has 0 saturated carbocycles. The highest BCUT2D eigenvalue weighted by molar-refractivity contribution is 7.09. The van der Waals surface area contributed by atoms with Crippen molar-refractivity contribution in [3.05, 3.63) is 74.6 Å². The topological polar surface area (TPSA) is 34.4 Å². The molecule has 3 nitrogen and oxygen atoms in total. The largest absolute Gasteiger partial charge is 0.316 e. The Morgan fingerprint density at radius 1 is 1.24 bits per heavy atom. The second-order valence-corrected chi connectivity index (χ2v) is 7.09. The van der Waals surface area contributed by atoms with Crippen LogP contribution in [0.1, 0.15) is 22.2 Å². The molecular formula is C19H16ClFN2OS. The van der Waals surface area contributed by atoms with E-state index < -0.39 is 0 Å². The van der Waals surface area contributed by atoms with Gasteiger partial charge in [0, 0.05) is 22.0 Å². The van der Waals surface area contributed by atoms with E-state index in [4.69, 9.17) is 11.6 Å². The number of carbonyl (C=O) groups is 1. The van der Waals surface area contributed by atoms with Crippen LogP contribution in [0.3, 0.4) is 0 Å². The number of benzene rings is 2. The molecule has 25 heavy (non-hydrogen) atoms. The Balaban J connectivity index is 2.10. The number of rotatable bonds is 3. The molecule has 0 aliphatic carbocycles. The molecule has 0 saturated heterocycles. The van der Waals surface area contributed by atoms with Crippen molar-refractivity contribution in [1.29, 1.82) is 0 Å². The monoisotopic (exact) mass is 374 g/mol. The zero-order valence-electron chi connectivity index (χ0n) is 13.8. The van der Waals surface area contributed by atoms with Crippen molar-refractivity contribution >= 4 is 28.8 Å². The maximum atomic E-state index is 13.2. The van der Waals surface area contributed by atoms with Gasteiger partial charge in [-0.05, 0) is 61.9 Å². The Bertz CT molecular complexity index is 989. The van der Waals surface area contributed by atoms with Crippen molar-refractivity contribution in [3.63, 3.8) is 0 Å². The minimum atomic E-state index is -0.336. The summed E-state index contributed by atoms with van der Waals surface area (Å²) in [5, 5.41) is 0.499. The summed E-state index contributed by atoms with van der Waals surface area (Å²) < 4.78 is 15.2. The lowest BCUT2D eigenvalue weighted by Crippen LogP contribution is -2.17. The van der Waals surface area contributed by atoms with Crippen LogP contribution in [0, 0.1) is 12.7 Å². The Kier molecular flexibility index (Phi) is 5.16. The molecule has 0 aliphatic heterocycles. The van der Waals surface area contributed by atoms with E-state index in [1.54, 1.807) is 36.4 Å². The highest BCUT2D eigenvalue weighted by Crippen LogP contribution is 2.25. The number of nitrogens with zero attached hydrogens (tertiary/aromatic N) is 2. The van der Waals surface area contributed by atoms with Gasteiger partial charge in [-0.15, -0.1) is 11.3 Å². The van der Waals surface area contributed by atoms with E-state index in [9.17, 15) is 9.18 Å². The van der Waals surface area contributed by atoms with Gasteiger partial charge in [0.2, 0.25) is 0 Å². The smallest absolute Gasteiger partial charge is 0.279 e. The van der Waals surface area contributed by atoms with Crippen molar-refractivity contribution in [2.75, 3.05) is 0 Å². The first-order valence-corrected chi connectivity index (χ1v) is 9.00. The van der Waals surface area contributed by atoms with E-state index in [2.05, 4.69) is 4.99 Å². The van der Waals surface area contributed by atoms with Crippen LogP contribution in [0.4, 0.5) is 4.39 Å². The number of hydrogen-bond donors (Lipinski definition) is 0. The van der Waals surface area contributed by atoms with E-state index in [0.717, 1.165) is 16.1 Å². The Morgan fingerprint density at radius 2 is 1.96 bits per heavy atom. The second kappa shape index (κ2) is 7.33. The third kappa shape index (κ3) is 3.72. The van der Waals surface area contributed by atoms with Crippen molar-refractivity contribution in [2.24, 2.45) is 4.99 Å². The molecule has 0 spiro atoms. The lowest BCUT2D eigenvalue weighted by molar-refractivity contribution is 0.0998. The van der Waals surface area contributed by atoms with Crippen LogP contribution in [0.25, 0.3) is 11.3 Å². The van der Waals surface area contributed by atoms with Gasteiger partial charge in [0.15, 0.2) is 4.80 Å². The molecule has 3 aromatic rings. The minimum Gasteiger partial charge on any atom is -0.316 e. The molecule has 0 radical (unpaired) electrons. The van der Waals surface area contributed by atoms with Gasteiger partial charge in [-0.1, -0.05) is 17.7 Å². The third-order valence-corrected chi connectivity index (χ3v) is 5.01. The van der Waals surface area contributed by atoms with Crippen molar-refractivity contribution in [2.45, 2.75) is 20.4 Å². The summed E-state index contributed by atoms with van der Waals surface area (Å²) in [7, 11) is 0. The molecule has 3 rings (SSSR count). The first kappa shape index (κ1) is 17.6. The third-order valence-electron chi connectivity index (χ3n) is 3.78. The van der Waals surface area contributed by atoms with Crippen LogP contribution < -0.4 is 4.80 Å². The molecule has 1 heterocycles. The standard InChI is InChI=1S/C19H16ClFN2OS/c1-3-23-17(13-7-9-16(21)10-8-13)12(2)25-19(23)22-18(24)14-5-4-6-15(20)11-14/h4-11H,3H2,1-2H3. The fourth-order valence-corrected chi connectivity index (χ4v) is 3.89. The molecule has 0 aliphatic rings. The zero-order chi connectivity index (χ0) is 18.0. The van der Waals surface area contributed by atoms with Crippen LogP contribution in [-0.2, 0) is 6.54 Å². The normalized spacial score (nSPS) is 11.8. The summed E-state index contributed by atoms with van der Waals surface area (Å²) in [6.45, 7) is 4.61. The molecule has 1 aromatic heterocycles. The molecule has 128 valence electrons. The highest BCUT2D eigenvalue weighted by atomic mass is 35.5. The van der Waals surface area contributed by atoms with Gasteiger partial charge >= 0.3 is 0 Å². The van der Waals surface area contributed by atoms with Gasteiger partial charge in [-0.2, -0.15) is 4.99 Å². The quantitative estimate of drug-likeness (QED) is 0.629. The fraction of sp³-hybridized carbons (Fsp3) is 0.158. The van der Waals surface area contributed by atoms with Crippen molar-refractivity contribution in [3.8, 4) is 11.3 Å². The molecule has 2 aromatic carbocycles. The van der Waals surface area contributed by atoms with Gasteiger partial charge in [0.1, 0.15) is 5.82 Å². The van der Waals surface area contributed by atoms with Crippen LogP contribution >= 0.6 is 22.9 Å². The lowest BCUT2D eigenvalue weighted by atomic mass is 10.1. The average molecular weight is 375 g/mol. The molecule has 1 amide bonds. The predicted molar refractivity (Wildman–Crippen MR) is 99.5 cm³/mol. The number of aryl methyl sites for hydroxylation is 1. The second-order valence-electron chi connectivity index (χ2n) is 5.47. The van der Waals surface area contributed by atoms with E-state index in [1.165, 1.54) is 23.5 Å². The Morgan fingerprint density at radius 3 is 2.60 bits per heavy atom. The number of hydrogen-bond acceptors (Lipinski definition) is 2. The summed E-state index contributed by atoms with van der Waals surface area (Å²) in [5.74, 6) is -0.614. The molecule has 0 N–H and O–H groups in total. The van der Waals surface area contributed by atoms with Crippen molar-refractivity contribution < 1.29 is 9.18 Å². The maximum absolute atomic E-state index is 13.2. The van der Waals surface area contributed by atoms with E-state index in [0.29, 0.717) is 21.9 Å². The van der Waals surface area contributed by atoms with Gasteiger partial charge in [-0.3, -0.25) is 4.79 Å². The van der Waals surface area contributed by atoms with Crippen LogP contribution in [-0.4, -0.2) is 10.5 Å². The maximum Gasteiger partial charge on any atom is 0.279 e. The summed E-state index contributed by atoms with van der Waals surface area (Å²) in [6.07, 6.45) is 0. The van der Waals surface area contributed by atoms with Crippen molar-refractivity contribution in [1.82, 2.24) is 4.57 Å². The van der Waals surface area contributed by atoms with E-state index in [-0.39, 0.29) is 11.7 Å². The first-order chi connectivity index (χ1) is 12.0. The summed E-state index contributed by atoms with van der Waals surface area (Å²) in [5.41, 5.74) is 2.29. The van der Waals surface area contributed by atoms with Gasteiger partial charge < -0.3 is 4.57 Å². The number of aromatic nitrogens is 1.